The van der Waals surface area contributed by atoms with Gasteiger partial charge in [0.1, 0.15) is 5.60 Å². The van der Waals surface area contributed by atoms with Gasteiger partial charge in [-0.05, 0) is 51.8 Å². The number of nitrogens with zero attached hydrogens (tertiary/aromatic N) is 2. The number of rotatable bonds is 4. The summed E-state index contributed by atoms with van der Waals surface area (Å²) >= 11 is 0. The first-order valence-corrected chi connectivity index (χ1v) is 11.7. The third kappa shape index (κ3) is 4.70. The molecule has 1 aliphatic heterocycles. The van der Waals surface area contributed by atoms with E-state index < -0.39 is 39.8 Å². The summed E-state index contributed by atoms with van der Waals surface area (Å²) in [7, 11) is -4.24. The summed E-state index contributed by atoms with van der Waals surface area (Å²) in [5, 5.41) is 0. The van der Waals surface area contributed by atoms with E-state index in [0.717, 1.165) is 14.8 Å². The number of aryl methyl sites for hydroxylation is 1. The number of hydrogen-bond acceptors (Lipinski definition) is 5. The Hall–Kier alpha value is -3.13. The van der Waals surface area contributed by atoms with Crippen molar-refractivity contribution in [2.24, 2.45) is 0 Å². The van der Waals surface area contributed by atoms with Crippen LogP contribution in [0.25, 0.3) is 0 Å². The van der Waals surface area contributed by atoms with Gasteiger partial charge in [0.25, 0.3) is 10.0 Å². The molecular formula is C24H28N2O5S. The first kappa shape index (κ1) is 23.5. The highest BCUT2D eigenvalue weighted by Crippen LogP contribution is 2.37. The van der Waals surface area contributed by atoms with E-state index >= 15 is 0 Å². The standard InChI is InChI=1S/C24H28N2O5S/c1-6-19-16-21(18-10-8-7-9-11-18)25(23(28)31-24(3,4)5)22(27)26(19)32(29,30)20-14-12-17(2)13-15-20/h6-15,19,21H,1,16H2,2-5H3/t19-,21+/m0/s1. The van der Waals surface area contributed by atoms with Crippen molar-refractivity contribution < 1.29 is 22.7 Å². The van der Waals surface area contributed by atoms with Gasteiger partial charge in [-0.2, -0.15) is 0 Å². The highest BCUT2D eigenvalue weighted by molar-refractivity contribution is 7.89. The molecule has 0 aliphatic carbocycles. The van der Waals surface area contributed by atoms with Crippen LogP contribution >= 0.6 is 0 Å². The van der Waals surface area contributed by atoms with Crippen molar-refractivity contribution in [1.82, 2.24) is 9.21 Å². The van der Waals surface area contributed by atoms with Crippen LogP contribution in [0, 0.1) is 6.92 Å². The zero-order valence-corrected chi connectivity index (χ0v) is 19.5. The van der Waals surface area contributed by atoms with E-state index in [9.17, 15) is 18.0 Å². The molecule has 32 heavy (non-hydrogen) atoms. The third-order valence-electron chi connectivity index (χ3n) is 5.10. The van der Waals surface area contributed by atoms with E-state index in [0.29, 0.717) is 5.56 Å². The minimum atomic E-state index is -4.24. The number of imide groups is 1. The van der Waals surface area contributed by atoms with Gasteiger partial charge in [-0.25, -0.2) is 27.2 Å². The molecule has 1 saturated heterocycles. The SMILES string of the molecule is C=C[C@H]1C[C@H](c2ccccc2)N(C(=O)OC(C)(C)C)C(=O)N1S(=O)(=O)c1ccc(C)cc1. The summed E-state index contributed by atoms with van der Waals surface area (Å²) in [5.41, 5.74) is 0.716. The number of carbonyl (C=O) groups excluding carboxylic acids is 2. The minimum Gasteiger partial charge on any atom is -0.443 e. The normalized spacial score (nSPS) is 19.6. The van der Waals surface area contributed by atoms with Gasteiger partial charge in [0.15, 0.2) is 0 Å². The van der Waals surface area contributed by atoms with Gasteiger partial charge < -0.3 is 4.74 Å². The molecule has 0 saturated carbocycles. The summed E-state index contributed by atoms with van der Waals surface area (Å²) in [4.78, 5) is 27.6. The number of ether oxygens (including phenoxy) is 1. The summed E-state index contributed by atoms with van der Waals surface area (Å²) in [6.45, 7) is 10.6. The van der Waals surface area contributed by atoms with Crippen molar-refractivity contribution >= 4 is 22.1 Å². The maximum Gasteiger partial charge on any atom is 0.419 e. The molecule has 1 aliphatic rings. The first-order chi connectivity index (χ1) is 15.0. The third-order valence-corrected chi connectivity index (χ3v) is 6.91. The molecule has 170 valence electrons. The molecule has 0 spiro atoms. The lowest BCUT2D eigenvalue weighted by atomic mass is 9.96. The van der Waals surface area contributed by atoms with Gasteiger partial charge >= 0.3 is 12.1 Å². The maximum absolute atomic E-state index is 13.6. The molecule has 0 aromatic heterocycles. The molecule has 2 aromatic rings. The second-order valence-corrected chi connectivity index (χ2v) is 10.5. The highest BCUT2D eigenvalue weighted by Gasteiger charge is 2.49. The lowest BCUT2D eigenvalue weighted by Gasteiger charge is -2.43. The van der Waals surface area contributed by atoms with Crippen LogP contribution in [0.5, 0.6) is 0 Å². The minimum absolute atomic E-state index is 0.0365. The van der Waals surface area contributed by atoms with Crippen LogP contribution in [0.2, 0.25) is 0 Å². The Labute approximate surface area is 189 Å². The highest BCUT2D eigenvalue weighted by atomic mass is 32.2. The molecule has 3 rings (SSSR count). The van der Waals surface area contributed by atoms with Crippen LogP contribution in [0.1, 0.15) is 44.4 Å². The molecule has 7 nitrogen and oxygen atoms in total. The summed E-state index contributed by atoms with van der Waals surface area (Å²) in [6, 6.07) is 12.7. The molecule has 2 atom stereocenters. The molecule has 1 heterocycles. The Balaban J connectivity index is 2.10. The average Bonchev–Trinajstić information content (AvgIpc) is 2.72. The number of amides is 3. The predicted molar refractivity (Wildman–Crippen MR) is 121 cm³/mol. The number of carbonyl (C=O) groups is 2. The van der Waals surface area contributed by atoms with Crippen molar-refractivity contribution in [2.75, 3.05) is 0 Å². The Bertz CT molecular complexity index is 1110. The van der Waals surface area contributed by atoms with Crippen molar-refractivity contribution in [3.8, 4) is 0 Å². The number of hydrogen-bond donors (Lipinski definition) is 0. The molecule has 3 amide bonds. The average molecular weight is 457 g/mol. The molecule has 0 N–H and O–H groups in total. The first-order valence-electron chi connectivity index (χ1n) is 10.3. The quantitative estimate of drug-likeness (QED) is 0.602. The zero-order chi connectivity index (χ0) is 23.7. The van der Waals surface area contributed by atoms with Crippen molar-refractivity contribution in [2.45, 2.75) is 56.7 Å². The van der Waals surface area contributed by atoms with Gasteiger partial charge in [-0.3, -0.25) is 0 Å². The van der Waals surface area contributed by atoms with Crippen LogP contribution in [0.3, 0.4) is 0 Å². The van der Waals surface area contributed by atoms with Crippen LogP contribution < -0.4 is 0 Å². The van der Waals surface area contributed by atoms with E-state index in [1.807, 2.05) is 13.0 Å². The Morgan fingerprint density at radius 1 is 1.09 bits per heavy atom. The number of urea groups is 1. The van der Waals surface area contributed by atoms with E-state index in [-0.39, 0.29) is 11.3 Å². The summed E-state index contributed by atoms with van der Waals surface area (Å²) < 4.78 is 33.1. The fraction of sp³-hybridized carbons (Fsp3) is 0.333. The second-order valence-electron chi connectivity index (χ2n) is 8.71. The fourth-order valence-corrected chi connectivity index (χ4v) is 5.11. The van der Waals surface area contributed by atoms with Crippen LogP contribution in [0.15, 0.2) is 72.1 Å². The largest absolute Gasteiger partial charge is 0.443 e. The van der Waals surface area contributed by atoms with Crippen LogP contribution in [0.4, 0.5) is 9.59 Å². The monoisotopic (exact) mass is 456 g/mol. The van der Waals surface area contributed by atoms with E-state index in [1.54, 1.807) is 57.2 Å². The van der Waals surface area contributed by atoms with Gasteiger partial charge in [0.05, 0.1) is 17.0 Å². The molecular weight excluding hydrogens is 428 g/mol. The van der Waals surface area contributed by atoms with E-state index in [2.05, 4.69) is 6.58 Å². The summed E-state index contributed by atoms with van der Waals surface area (Å²) in [6.07, 6.45) is 0.679. The second kappa shape index (κ2) is 8.78. The lowest BCUT2D eigenvalue weighted by Crippen LogP contribution is -2.59. The Morgan fingerprint density at radius 3 is 2.22 bits per heavy atom. The smallest absolute Gasteiger partial charge is 0.419 e. The molecule has 0 bridgehead atoms. The van der Waals surface area contributed by atoms with Gasteiger partial charge in [0.2, 0.25) is 0 Å². The zero-order valence-electron chi connectivity index (χ0n) is 18.7. The topological polar surface area (TPSA) is 84.0 Å². The number of sulfonamides is 1. The predicted octanol–water partition coefficient (Wildman–Crippen LogP) is 5.04. The Kier molecular flexibility index (Phi) is 6.46. The van der Waals surface area contributed by atoms with Crippen molar-refractivity contribution in [3.05, 3.63) is 78.4 Å². The lowest BCUT2D eigenvalue weighted by molar-refractivity contribution is 0.0154. The molecule has 0 unspecified atom stereocenters. The van der Waals surface area contributed by atoms with Crippen LogP contribution in [-0.2, 0) is 14.8 Å². The molecule has 1 fully saturated rings. The van der Waals surface area contributed by atoms with Gasteiger partial charge in [-0.15, -0.1) is 6.58 Å². The van der Waals surface area contributed by atoms with Crippen LogP contribution in [-0.4, -0.2) is 41.4 Å². The summed E-state index contributed by atoms with van der Waals surface area (Å²) in [5.74, 6) is 0. The van der Waals surface area contributed by atoms with Crippen molar-refractivity contribution in [3.63, 3.8) is 0 Å². The number of benzene rings is 2. The molecule has 2 aromatic carbocycles. The van der Waals surface area contributed by atoms with Gasteiger partial charge in [0, 0.05) is 0 Å². The van der Waals surface area contributed by atoms with Gasteiger partial charge in [-0.1, -0.05) is 54.1 Å². The van der Waals surface area contributed by atoms with Crippen molar-refractivity contribution in [1.29, 1.82) is 0 Å². The fourth-order valence-electron chi connectivity index (χ4n) is 3.58. The van der Waals surface area contributed by atoms with E-state index in [1.165, 1.54) is 18.2 Å². The van der Waals surface area contributed by atoms with E-state index in [4.69, 9.17) is 4.74 Å². The molecule has 8 heteroatoms. The molecule has 0 radical (unpaired) electrons. The maximum atomic E-state index is 13.6. The Morgan fingerprint density at radius 2 is 1.69 bits per heavy atom.